The van der Waals surface area contributed by atoms with Gasteiger partial charge in [-0.1, -0.05) is 0 Å². The molecule has 0 aliphatic heterocycles. The Balaban J connectivity index is 2.69. The molecule has 0 aliphatic carbocycles. The van der Waals surface area contributed by atoms with Crippen molar-refractivity contribution >= 4 is 37.7 Å². The molecular formula is C11H9BrN4O. The second kappa shape index (κ2) is 3.40. The van der Waals surface area contributed by atoms with Gasteiger partial charge >= 0.3 is 0 Å². The van der Waals surface area contributed by atoms with Crippen LogP contribution < -0.4 is 5.56 Å². The zero-order valence-electron chi connectivity index (χ0n) is 9.28. The standard InChI is InChI=1S/C11H9BrN4O/c1-5-14-9-6(11(17)15-5)3-8(12)10-7(9)4-13-16(10)2/h3-4H,1-2H3,(H,14,15,17). The van der Waals surface area contributed by atoms with Crippen LogP contribution in [0.3, 0.4) is 0 Å². The smallest absolute Gasteiger partial charge is 0.258 e. The Bertz CT molecular complexity index is 802. The highest BCUT2D eigenvalue weighted by Gasteiger charge is 2.12. The molecule has 0 saturated carbocycles. The molecule has 0 bridgehead atoms. The quantitative estimate of drug-likeness (QED) is 0.688. The van der Waals surface area contributed by atoms with Gasteiger partial charge in [0.05, 0.1) is 22.6 Å². The zero-order valence-corrected chi connectivity index (χ0v) is 10.9. The molecule has 5 nitrogen and oxygen atoms in total. The summed E-state index contributed by atoms with van der Waals surface area (Å²) < 4.78 is 2.60. The van der Waals surface area contributed by atoms with Crippen molar-refractivity contribution in [3.8, 4) is 0 Å². The highest BCUT2D eigenvalue weighted by Crippen LogP contribution is 2.28. The molecule has 2 heterocycles. The van der Waals surface area contributed by atoms with Gasteiger partial charge in [0.15, 0.2) is 0 Å². The molecule has 0 atom stereocenters. The average Bonchev–Trinajstić information content (AvgIpc) is 2.64. The molecule has 0 amide bonds. The summed E-state index contributed by atoms with van der Waals surface area (Å²) in [6.07, 6.45) is 1.73. The number of nitrogens with zero attached hydrogens (tertiary/aromatic N) is 3. The Morgan fingerprint density at radius 1 is 1.41 bits per heavy atom. The molecule has 0 spiro atoms. The monoisotopic (exact) mass is 292 g/mol. The van der Waals surface area contributed by atoms with Gasteiger partial charge in [-0.05, 0) is 28.9 Å². The lowest BCUT2D eigenvalue weighted by Crippen LogP contribution is -2.09. The first-order valence-electron chi connectivity index (χ1n) is 5.09. The Kier molecular flexibility index (Phi) is 2.09. The summed E-state index contributed by atoms with van der Waals surface area (Å²) in [7, 11) is 1.86. The van der Waals surface area contributed by atoms with Crippen LogP contribution in [0.4, 0.5) is 0 Å². The molecular weight excluding hydrogens is 284 g/mol. The summed E-state index contributed by atoms with van der Waals surface area (Å²) in [6.45, 7) is 1.77. The molecule has 6 heteroatoms. The highest BCUT2D eigenvalue weighted by atomic mass is 79.9. The maximum absolute atomic E-state index is 11.9. The van der Waals surface area contributed by atoms with E-state index in [1.165, 1.54) is 0 Å². The second-order valence-electron chi connectivity index (χ2n) is 3.94. The van der Waals surface area contributed by atoms with Crippen molar-refractivity contribution in [3.05, 3.63) is 32.9 Å². The molecule has 0 fully saturated rings. The van der Waals surface area contributed by atoms with E-state index in [1.54, 1.807) is 23.9 Å². The van der Waals surface area contributed by atoms with Crippen molar-refractivity contribution in [3.63, 3.8) is 0 Å². The van der Waals surface area contributed by atoms with Gasteiger partial charge in [0, 0.05) is 16.9 Å². The van der Waals surface area contributed by atoms with Crippen LogP contribution >= 0.6 is 15.9 Å². The Morgan fingerprint density at radius 3 is 2.94 bits per heavy atom. The minimum Gasteiger partial charge on any atom is -0.310 e. The van der Waals surface area contributed by atoms with E-state index in [-0.39, 0.29) is 5.56 Å². The molecule has 2 aromatic heterocycles. The molecule has 1 aromatic carbocycles. The van der Waals surface area contributed by atoms with Crippen molar-refractivity contribution in [1.82, 2.24) is 19.7 Å². The van der Waals surface area contributed by atoms with Crippen LogP contribution in [0.1, 0.15) is 5.82 Å². The van der Waals surface area contributed by atoms with E-state index in [9.17, 15) is 4.79 Å². The molecule has 0 radical (unpaired) electrons. The third-order valence-electron chi connectivity index (χ3n) is 2.76. The molecule has 1 N–H and O–H groups in total. The fraction of sp³-hybridized carbons (Fsp3) is 0.182. The van der Waals surface area contributed by atoms with Gasteiger partial charge in [0.25, 0.3) is 5.56 Å². The summed E-state index contributed by atoms with van der Waals surface area (Å²) >= 11 is 3.46. The van der Waals surface area contributed by atoms with E-state index < -0.39 is 0 Å². The van der Waals surface area contributed by atoms with E-state index in [2.05, 4.69) is 31.0 Å². The predicted molar refractivity (Wildman–Crippen MR) is 69.1 cm³/mol. The number of fused-ring (bicyclic) bond motifs is 3. The zero-order chi connectivity index (χ0) is 12.2. The number of H-pyrrole nitrogens is 1. The van der Waals surface area contributed by atoms with Crippen molar-refractivity contribution in [2.24, 2.45) is 7.05 Å². The Morgan fingerprint density at radius 2 is 2.18 bits per heavy atom. The van der Waals surface area contributed by atoms with Crippen molar-refractivity contribution in [2.75, 3.05) is 0 Å². The predicted octanol–water partition coefficient (Wildman–Crippen LogP) is 1.88. The van der Waals surface area contributed by atoms with E-state index in [0.29, 0.717) is 16.7 Å². The first-order valence-corrected chi connectivity index (χ1v) is 5.88. The van der Waals surface area contributed by atoms with Gasteiger partial charge in [0.1, 0.15) is 5.82 Å². The first kappa shape index (κ1) is 10.5. The van der Waals surface area contributed by atoms with Crippen molar-refractivity contribution in [1.29, 1.82) is 0 Å². The van der Waals surface area contributed by atoms with Gasteiger partial charge in [-0.2, -0.15) is 5.10 Å². The Hall–Kier alpha value is -1.69. The summed E-state index contributed by atoms with van der Waals surface area (Å²) in [5.41, 5.74) is 1.51. The molecule has 86 valence electrons. The van der Waals surface area contributed by atoms with Crippen LogP contribution in [0.2, 0.25) is 0 Å². The van der Waals surface area contributed by atoms with Gasteiger partial charge in [-0.15, -0.1) is 0 Å². The maximum atomic E-state index is 11.9. The van der Waals surface area contributed by atoms with Crippen LogP contribution in [0.5, 0.6) is 0 Å². The number of rotatable bonds is 0. The number of hydrogen-bond donors (Lipinski definition) is 1. The van der Waals surface area contributed by atoms with Crippen molar-refractivity contribution < 1.29 is 0 Å². The number of benzene rings is 1. The van der Waals surface area contributed by atoms with Gasteiger partial charge < -0.3 is 4.98 Å². The third-order valence-corrected chi connectivity index (χ3v) is 3.37. The molecule has 0 aliphatic rings. The molecule has 0 unspecified atom stereocenters. The molecule has 17 heavy (non-hydrogen) atoms. The topological polar surface area (TPSA) is 63.6 Å². The average molecular weight is 293 g/mol. The van der Waals surface area contributed by atoms with Gasteiger partial charge in [-0.25, -0.2) is 4.98 Å². The van der Waals surface area contributed by atoms with Gasteiger partial charge in [-0.3, -0.25) is 9.48 Å². The highest BCUT2D eigenvalue weighted by molar-refractivity contribution is 9.10. The number of aromatic nitrogens is 4. The van der Waals surface area contributed by atoms with Crippen LogP contribution in [0.15, 0.2) is 21.5 Å². The minimum atomic E-state index is -0.126. The number of aromatic amines is 1. The van der Waals surface area contributed by atoms with E-state index in [0.717, 1.165) is 15.4 Å². The molecule has 0 saturated heterocycles. The number of hydrogen-bond acceptors (Lipinski definition) is 3. The first-order chi connectivity index (χ1) is 8.08. The number of halogens is 1. The third kappa shape index (κ3) is 1.40. The van der Waals surface area contributed by atoms with E-state index >= 15 is 0 Å². The summed E-state index contributed by atoms with van der Waals surface area (Å²) in [5.74, 6) is 0.606. The molecule has 3 rings (SSSR count). The largest absolute Gasteiger partial charge is 0.310 e. The van der Waals surface area contributed by atoms with Gasteiger partial charge in [0.2, 0.25) is 0 Å². The summed E-state index contributed by atoms with van der Waals surface area (Å²) in [4.78, 5) is 18.9. The normalized spacial score (nSPS) is 11.5. The lowest BCUT2D eigenvalue weighted by Gasteiger charge is -2.03. The van der Waals surface area contributed by atoms with Crippen LogP contribution in [0.25, 0.3) is 21.8 Å². The second-order valence-corrected chi connectivity index (χ2v) is 4.79. The lowest BCUT2D eigenvalue weighted by atomic mass is 10.2. The summed E-state index contributed by atoms with van der Waals surface area (Å²) in [6, 6.07) is 1.78. The SMILES string of the molecule is Cc1nc2c(cc(Br)c3c2cnn3C)c(=O)[nH]1. The maximum Gasteiger partial charge on any atom is 0.258 e. The van der Waals surface area contributed by atoms with Crippen LogP contribution in [0, 0.1) is 6.92 Å². The van der Waals surface area contributed by atoms with E-state index in [1.807, 2.05) is 7.05 Å². The van der Waals surface area contributed by atoms with Crippen molar-refractivity contribution in [2.45, 2.75) is 6.92 Å². The number of aryl methyl sites for hydroxylation is 2. The molecule has 3 aromatic rings. The Labute approximate surface area is 105 Å². The van der Waals surface area contributed by atoms with E-state index in [4.69, 9.17) is 0 Å². The minimum absolute atomic E-state index is 0.126. The fourth-order valence-electron chi connectivity index (χ4n) is 2.02. The van der Waals surface area contributed by atoms with Crippen LogP contribution in [-0.4, -0.2) is 19.7 Å². The lowest BCUT2D eigenvalue weighted by molar-refractivity contribution is 0.795. The number of nitrogens with one attached hydrogen (secondary N) is 1. The summed E-state index contributed by atoms with van der Waals surface area (Å²) in [5, 5.41) is 5.65. The van der Waals surface area contributed by atoms with Crippen LogP contribution in [-0.2, 0) is 7.05 Å². The fourth-order valence-corrected chi connectivity index (χ4v) is 2.72.